The van der Waals surface area contributed by atoms with E-state index >= 15 is 0 Å². The molecule has 0 radical (unpaired) electrons. The average Bonchev–Trinajstić information content (AvgIpc) is 2.60. The fraction of sp³-hybridized carbons (Fsp3) is 0.316. The number of benzene rings is 2. The van der Waals surface area contributed by atoms with Gasteiger partial charge in [0.1, 0.15) is 0 Å². The van der Waals surface area contributed by atoms with Gasteiger partial charge in [0.05, 0.1) is 11.5 Å². The molecule has 0 fully saturated rings. The van der Waals surface area contributed by atoms with E-state index in [1.807, 2.05) is 24.3 Å². The Morgan fingerprint density at radius 1 is 1.19 bits per heavy atom. The third kappa shape index (κ3) is 4.37. The molecule has 0 saturated carbocycles. The van der Waals surface area contributed by atoms with Gasteiger partial charge in [-0.25, -0.2) is 0 Å². The van der Waals surface area contributed by atoms with Crippen molar-refractivity contribution >= 4 is 24.0 Å². The normalized spacial score (nSPS) is 16.4. The number of nitrogens with two attached hydrogens (primary N) is 1. The van der Waals surface area contributed by atoms with Gasteiger partial charge in [-0.15, -0.1) is 12.4 Å². The third-order valence-electron chi connectivity index (χ3n) is 4.51. The zero-order valence-electron chi connectivity index (χ0n) is 14.0. The molecule has 26 heavy (non-hydrogen) atoms. The van der Waals surface area contributed by atoms with Crippen LogP contribution in [0.15, 0.2) is 42.5 Å². The van der Waals surface area contributed by atoms with Crippen molar-refractivity contribution in [1.82, 2.24) is 0 Å². The maximum absolute atomic E-state index is 13.0. The Morgan fingerprint density at radius 3 is 2.62 bits per heavy atom. The summed E-state index contributed by atoms with van der Waals surface area (Å²) in [6.45, 7) is -0.0287. The fourth-order valence-corrected chi connectivity index (χ4v) is 3.30. The maximum atomic E-state index is 13.0. The maximum Gasteiger partial charge on any atom is 0.416 e. The van der Waals surface area contributed by atoms with Crippen LogP contribution >= 0.6 is 12.4 Å². The summed E-state index contributed by atoms with van der Waals surface area (Å²) >= 11 is 0. The molecular formula is C19H20ClF3N2O. The van der Waals surface area contributed by atoms with Gasteiger partial charge < -0.3 is 11.1 Å². The first-order chi connectivity index (χ1) is 11.9. The summed E-state index contributed by atoms with van der Waals surface area (Å²) in [6, 6.07) is 11.2. The van der Waals surface area contributed by atoms with Gasteiger partial charge in [-0.1, -0.05) is 24.3 Å². The topological polar surface area (TPSA) is 55.1 Å². The van der Waals surface area contributed by atoms with Gasteiger partial charge in [0.2, 0.25) is 5.91 Å². The Kier molecular flexibility index (Phi) is 6.31. The Morgan fingerprint density at radius 2 is 1.92 bits per heavy atom. The first-order valence-corrected chi connectivity index (χ1v) is 8.18. The number of anilines is 1. The highest BCUT2D eigenvalue weighted by Gasteiger charge is 2.32. The van der Waals surface area contributed by atoms with Gasteiger partial charge >= 0.3 is 6.18 Å². The second-order valence-corrected chi connectivity index (χ2v) is 6.25. The van der Waals surface area contributed by atoms with Gasteiger partial charge in [-0.2, -0.15) is 13.2 Å². The van der Waals surface area contributed by atoms with E-state index in [1.165, 1.54) is 6.07 Å². The number of fused-ring (bicyclic) bond motifs is 1. The molecule has 2 aromatic rings. The molecule has 0 bridgehead atoms. The summed E-state index contributed by atoms with van der Waals surface area (Å²) in [6.07, 6.45) is -2.00. The van der Waals surface area contributed by atoms with Gasteiger partial charge in [-0.05, 0) is 54.2 Å². The minimum atomic E-state index is -4.48. The van der Waals surface area contributed by atoms with Crippen LogP contribution < -0.4 is 11.1 Å². The van der Waals surface area contributed by atoms with Crippen LogP contribution in [-0.2, 0) is 23.9 Å². The Balaban J connectivity index is 0.00000243. The second-order valence-electron chi connectivity index (χ2n) is 6.25. The summed E-state index contributed by atoms with van der Waals surface area (Å²) < 4.78 is 39.1. The number of rotatable bonds is 3. The number of hydrogen-bond donors (Lipinski definition) is 2. The van der Waals surface area contributed by atoms with Gasteiger partial charge in [0, 0.05) is 12.2 Å². The molecule has 3 nitrogen and oxygen atoms in total. The number of hydrogen-bond acceptors (Lipinski definition) is 2. The van der Waals surface area contributed by atoms with Gasteiger partial charge in [0.25, 0.3) is 0 Å². The molecule has 1 amide bonds. The zero-order valence-corrected chi connectivity index (χ0v) is 14.8. The number of carbonyl (C=O) groups excluding carboxylic acids is 1. The summed E-state index contributed by atoms with van der Waals surface area (Å²) in [5.74, 6) is -0.629. The van der Waals surface area contributed by atoms with Crippen molar-refractivity contribution < 1.29 is 18.0 Å². The van der Waals surface area contributed by atoms with Crippen LogP contribution in [0.3, 0.4) is 0 Å². The van der Waals surface area contributed by atoms with Crippen molar-refractivity contribution in [1.29, 1.82) is 0 Å². The van der Waals surface area contributed by atoms with E-state index in [4.69, 9.17) is 5.73 Å². The predicted octanol–water partition coefficient (Wildman–Crippen LogP) is 4.64. The van der Waals surface area contributed by atoms with E-state index in [2.05, 4.69) is 5.32 Å². The Bertz CT molecular complexity index is 793. The Hall–Kier alpha value is -2.05. The molecule has 1 unspecified atom stereocenters. The van der Waals surface area contributed by atoms with E-state index in [1.54, 1.807) is 0 Å². The van der Waals surface area contributed by atoms with Crippen molar-refractivity contribution in [3.05, 3.63) is 64.7 Å². The first-order valence-electron chi connectivity index (χ1n) is 8.18. The second kappa shape index (κ2) is 8.10. The molecule has 3 N–H and O–H groups in total. The van der Waals surface area contributed by atoms with Crippen molar-refractivity contribution in [2.24, 2.45) is 5.73 Å². The number of halogens is 4. The summed E-state index contributed by atoms with van der Waals surface area (Å²) in [5.41, 5.74) is 7.21. The van der Waals surface area contributed by atoms with E-state index in [0.717, 1.165) is 36.1 Å². The monoisotopic (exact) mass is 384 g/mol. The Labute approximate surface area is 156 Å². The SMILES string of the molecule is Cl.NCc1cc(NC(=O)C2CCCc3ccccc32)cc(C(F)(F)F)c1. The average molecular weight is 385 g/mol. The van der Waals surface area contributed by atoms with Crippen LogP contribution in [0, 0.1) is 0 Å². The quantitative estimate of drug-likeness (QED) is 0.809. The van der Waals surface area contributed by atoms with Crippen LogP contribution in [0.4, 0.5) is 18.9 Å². The lowest BCUT2D eigenvalue weighted by Crippen LogP contribution is -2.25. The highest BCUT2D eigenvalue weighted by Crippen LogP contribution is 2.34. The molecule has 3 rings (SSSR count). The summed E-state index contributed by atoms with van der Waals surface area (Å²) in [4.78, 5) is 12.7. The van der Waals surface area contributed by atoms with Crippen LogP contribution in [-0.4, -0.2) is 5.91 Å². The number of amides is 1. The highest BCUT2D eigenvalue weighted by molar-refractivity contribution is 5.96. The molecule has 0 aromatic heterocycles. The highest BCUT2D eigenvalue weighted by atomic mass is 35.5. The molecule has 2 aromatic carbocycles. The molecule has 7 heteroatoms. The van der Waals surface area contributed by atoms with Crippen molar-refractivity contribution in [2.75, 3.05) is 5.32 Å². The fourth-order valence-electron chi connectivity index (χ4n) is 3.30. The molecule has 0 aliphatic heterocycles. The molecule has 140 valence electrons. The molecule has 1 aliphatic carbocycles. The zero-order chi connectivity index (χ0) is 18.0. The third-order valence-corrected chi connectivity index (χ3v) is 4.51. The number of aryl methyl sites for hydroxylation is 1. The van der Waals surface area contributed by atoms with Crippen molar-refractivity contribution in [3.63, 3.8) is 0 Å². The summed E-state index contributed by atoms with van der Waals surface area (Å²) in [5, 5.41) is 2.65. The van der Waals surface area contributed by atoms with E-state index in [-0.39, 0.29) is 36.5 Å². The number of carbonyl (C=O) groups is 1. The molecular weight excluding hydrogens is 365 g/mol. The number of alkyl halides is 3. The smallest absolute Gasteiger partial charge is 0.326 e. The lowest BCUT2D eigenvalue weighted by Gasteiger charge is -2.25. The van der Waals surface area contributed by atoms with Crippen LogP contribution in [0.1, 0.15) is 41.0 Å². The van der Waals surface area contributed by atoms with Gasteiger partial charge in [0.15, 0.2) is 0 Å². The molecule has 0 heterocycles. The van der Waals surface area contributed by atoms with Crippen LogP contribution in [0.2, 0.25) is 0 Å². The summed E-state index contributed by atoms with van der Waals surface area (Å²) in [7, 11) is 0. The molecule has 1 atom stereocenters. The van der Waals surface area contributed by atoms with Crippen LogP contribution in [0.25, 0.3) is 0 Å². The van der Waals surface area contributed by atoms with E-state index < -0.39 is 11.7 Å². The van der Waals surface area contributed by atoms with Crippen molar-refractivity contribution in [2.45, 2.75) is 37.9 Å². The molecule has 0 spiro atoms. The minimum absolute atomic E-state index is 0. The van der Waals surface area contributed by atoms with Crippen molar-refractivity contribution in [3.8, 4) is 0 Å². The predicted molar refractivity (Wildman–Crippen MR) is 97.3 cm³/mol. The lowest BCUT2D eigenvalue weighted by atomic mass is 9.82. The first kappa shape index (κ1) is 20.3. The largest absolute Gasteiger partial charge is 0.416 e. The van der Waals surface area contributed by atoms with E-state index in [9.17, 15) is 18.0 Å². The lowest BCUT2D eigenvalue weighted by molar-refractivity contribution is -0.137. The molecule has 0 saturated heterocycles. The number of nitrogens with one attached hydrogen (secondary N) is 1. The van der Waals surface area contributed by atoms with Gasteiger partial charge in [-0.3, -0.25) is 4.79 Å². The minimum Gasteiger partial charge on any atom is -0.326 e. The molecule has 1 aliphatic rings. The standard InChI is InChI=1S/C19H19F3N2O.ClH/c20-19(21,22)14-8-12(11-23)9-15(10-14)24-18(25)17-7-3-5-13-4-1-2-6-16(13)17;/h1-2,4,6,8-10,17H,3,5,7,11,23H2,(H,24,25);1H. The van der Waals surface area contributed by atoms with Crippen LogP contribution in [0.5, 0.6) is 0 Å². The van der Waals surface area contributed by atoms with E-state index in [0.29, 0.717) is 12.0 Å².